The van der Waals surface area contributed by atoms with Gasteiger partial charge in [-0.3, -0.25) is 14.3 Å². The summed E-state index contributed by atoms with van der Waals surface area (Å²) in [7, 11) is 1.75. The Kier molecular flexibility index (Phi) is 5.21. The van der Waals surface area contributed by atoms with E-state index in [-0.39, 0.29) is 22.5 Å². The molecule has 0 saturated carbocycles. The maximum atomic E-state index is 14.6. The number of carbonyl (C=O) groups is 1. The number of nitrogens with zero attached hydrogens (tertiary/aromatic N) is 5. The zero-order valence-electron chi connectivity index (χ0n) is 18.5. The van der Waals surface area contributed by atoms with Gasteiger partial charge in [-0.25, -0.2) is 13.8 Å². The molecule has 2 aromatic carbocycles. The number of rotatable bonds is 5. The minimum atomic E-state index is -0.530. The summed E-state index contributed by atoms with van der Waals surface area (Å²) in [4.78, 5) is 26.6. The molecular formula is C25H21FN6O2. The van der Waals surface area contributed by atoms with Crippen LogP contribution in [-0.4, -0.2) is 29.6 Å². The van der Waals surface area contributed by atoms with Gasteiger partial charge in [-0.2, -0.15) is 5.10 Å². The zero-order valence-corrected chi connectivity index (χ0v) is 18.5. The van der Waals surface area contributed by atoms with Crippen molar-refractivity contribution in [2.45, 2.75) is 6.92 Å². The van der Waals surface area contributed by atoms with E-state index in [2.05, 4.69) is 10.4 Å². The Morgan fingerprint density at radius 3 is 2.35 bits per heavy atom. The maximum absolute atomic E-state index is 14.6. The van der Waals surface area contributed by atoms with Crippen LogP contribution in [0.4, 0.5) is 10.1 Å². The van der Waals surface area contributed by atoms with Crippen molar-refractivity contribution >= 4 is 11.6 Å². The smallest absolute Gasteiger partial charge is 0.295 e. The molecule has 3 aromatic heterocycles. The highest BCUT2D eigenvalue weighted by Gasteiger charge is 2.24. The molecule has 3 heterocycles. The van der Waals surface area contributed by atoms with E-state index < -0.39 is 11.7 Å². The third-order valence-corrected chi connectivity index (χ3v) is 5.71. The summed E-state index contributed by atoms with van der Waals surface area (Å²) in [6, 6.07) is 18.9. The summed E-state index contributed by atoms with van der Waals surface area (Å²) >= 11 is 0. The average Bonchev–Trinajstić information content (AvgIpc) is 3.56. The standard InChI is InChI=1S/C25H21FN6O2/c1-17-22(25(34)32(29(17)2)18-10-4-3-5-11-18)28-23(33)19-16-27-31(21-13-7-6-12-20(21)26)24(19)30-14-8-9-15-30/h3-16H,1-2H3,(H,28,33). The molecule has 5 aromatic rings. The molecule has 0 bridgehead atoms. The van der Waals surface area contributed by atoms with Crippen LogP contribution in [0, 0.1) is 12.7 Å². The second-order valence-corrected chi connectivity index (χ2v) is 7.73. The molecule has 0 aliphatic heterocycles. The van der Waals surface area contributed by atoms with Crippen LogP contribution in [0.15, 0.2) is 90.1 Å². The van der Waals surface area contributed by atoms with E-state index in [1.165, 1.54) is 21.6 Å². The van der Waals surface area contributed by atoms with Crippen LogP contribution in [0.3, 0.4) is 0 Å². The molecule has 170 valence electrons. The fourth-order valence-corrected chi connectivity index (χ4v) is 3.92. The Hall–Kier alpha value is -4.66. The second kappa shape index (κ2) is 8.36. The normalized spacial score (nSPS) is 11.0. The number of anilines is 1. The summed E-state index contributed by atoms with van der Waals surface area (Å²) in [6.45, 7) is 1.76. The average molecular weight is 456 g/mol. The first-order valence-corrected chi connectivity index (χ1v) is 10.6. The number of aromatic nitrogens is 5. The van der Waals surface area contributed by atoms with E-state index in [0.29, 0.717) is 17.2 Å². The van der Waals surface area contributed by atoms with Crippen molar-refractivity contribution in [3.05, 3.63) is 113 Å². The Morgan fingerprint density at radius 2 is 1.65 bits per heavy atom. The van der Waals surface area contributed by atoms with Crippen LogP contribution in [-0.2, 0) is 7.05 Å². The molecule has 8 nitrogen and oxygen atoms in total. The van der Waals surface area contributed by atoms with Gasteiger partial charge in [0.15, 0.2) is 5.82 Å². The Labute approximate surface area is 194 Å². The molecule has 0 atom stereocenters. The minimum absolute atomic E-state index is 0.161. The topological polar surface area (TPSA) is 78.8 Å². The molecular weight excluding hydrogens is 435 g/mol. The van der Waals surface area contributed by atoms with E-state index in [0.717, 1.165) is 0 Å². The fourth-order valence-electron chi connectivity index (χ4n) is 3.92. The molecule has 1 amide bonds. The molecule has 1 N–H and O–H groups in total. The lowest BCUT2D eigenvalue weighted by Gasteiger charge is -2.11. The summed E-state index contributed by atoms with van der Waals surface area (Å²) in [5.74, 6) is -0.655. The van der Waals surface area contributed by atoms with E-state index in [1.807, 2.05) is 30.3 Å². The van der Waals surface area contributed by atoms with Gasteiger partial charge in [-0.05, 0) is 43.3 Å². The van der Waals surface area contributed by atoms with Crippen LogP contribution < -0.4 is 10.9 Å². The van der Waals surface area contributed by atoms with Crippen molar-refractivity contribution in [2.24, 2.45) is 7.05 Å². The van der Waals surface area contributed by atoms with E-state index in [1.54, 1.807) is 65.9 Å². The van der Waals surface area contributed by atoms with Gasteiger partial charge in [-0.15, -0.1) is 0 Å². The van der Waals surface area contributed by atoms with Gasteiger partial charge in [-0.1, -0.05) is 30.3 Å². The summed E-state index contributed by atoms with van der Waals surface area (Å²) in [5, 5.41) is 7.04. The maximum Gasteiger partial charge on any atom is 0.295 e. The van der Waals surface area contributed by atoms with Crippen LogP contribution >= 0.6 is 0 Å². The lowest BCUT2D eigenvalue weighted by atomic mass is 10.2. The van der Waals surface area contributed by atoms with Crippen molar-refractivity contribution in [1.82, 2.24) is 23.7 Å². The van der Waals surface area contributed by atoms with Crippen LogP contribution in [0.5, 0.6) is 0 Å². The predicted octanol–water partition coefficient (Wildman–Crippen LogP) is 3.85. The molecule has 0 fully saturated rings. The van der Waals surface area contributed by atoms with Gasteiger partial charge in [0, 0.05) is 19.4 Å². The molecule has 5 rings (SSSR count). The predicted molar refractivity (Wildman–Crippen MR) is 127 cm³/mol. The fraction of sp³-hybridized carbons (Fsp3) is 0.0800. The van der Waals surface area contributed by atoms with Gasteiger partial charge in [0.2, 0.25) is 0 Å². The molecule has 0 aliphatic rings. The number of hydrogen-bond acceptors (Lipinski definition) is 3. The third-order valence-electron chi connectivity index (χ3n) is 5.71. The van der Waals surface area contributed by atoms with Gasteiger partial charge < -0.3 is 9.88 Å². The first kappa shape index (κ1) is 21.2. The monoisotopic (exact) mass is 456 g/mol. The van der Waals surface area contributed by atoms with Gasteiger partial charge >= 0.3 is 0 Å². The van der Waals surface area contributed by atoms with Crippen LogP contribution in [0.2, 0.25) is 0 Å². The first-order valence-electron chi connectivity index (χ1n) is 10.6. The number of halogens is 1. The largest absolute Gasteiger partial charge is 0.316 e. The zero-order chi connectivity index (χ0) is 23.8. The molecule has 0 unspecified atom stereocenters. The number of benzene rings is 2. The lowest BCUT2D eigenvalue weighted by molar-refractivity contribution is 0.102. The molecule has 9 heteroatoms. The van der Waals surface area contributed by atoms with Crippen molar-refractivity contribution in [1.29, 1.82) is 0 Å². The highest BCUT2D eigenvalue weighted by molar-refractivity contribution is 6.06. The van der Waals surface area contributed by atoms with Gasteiger partial charge in [0.25, 0.3) is 11.5 Å². The molecule has 34 heavy (non-hydrogen) atoms. The number of amides is 1. The summed E-state index contributed by atoms with van der Waals surface area (Å²) in [5.41, 5.74) is 1.46. The van der Waals surface area contributed by atoms with Gasteiger partial charge in [0.1, 0.15) is 22.8 Å². The van der Waals surface area contributed by atoms with E-state index >= 15 is 0 Å². The summed E-state index contributed by atoms with van der Waals surface area (Å²) < 4.78 is 20.8. The quantitative estimate of drug-likeness (QED) is 0.436. The highest BCUT2D eigenvalue weighted by atomic mass is 19.1. The Morgan fingerprint density at radius 1 is 0.971 bits per heavy atom. The SMILES string of the molecule is Cc1c(NC(=O)c2cnn(-c3ccccc3F)c2-n2cccc2)c(=O)n(-c2ccccc2)n1C. The Bertz CT molecular complexity index is 1540. The minimum Gasteiger partial charge on any atom is -0.316 e. The first-order chi connectivity index (χ1) is 16.5. The molecule has 0 aliphatic carbocycles. The second-order valence-electron chi connectivity index (χ2n) is 7.73. The van der Waals surface area contributed by atoms with Gasteiger partial charge in [0.05, 0.1) is 17.6 Å². The van der Waals surface area contributed by atoms with E-state index in [9.17, 15) is 14.0 Å². The van der Waals surface area contributed by atoms with Crippen LogP contribution in [0.1, 0.15) is 16.1 Å². The van der Waals surface area contributed by atoms with Crippen molar-refractivity contribution < 1.29 is 9.18 Å². The molecule has 0 radical (unpaired) electrons. The molecule has 0 saturated heterocycles. The number of nitrogens with one attached hydrogen (secondary N) is 1. The van der Waals surface area contributed by atoms with Crippen molar-refractivity contribution in [3.63, 3.8) is 0 Å². The number of para-hydroxylation sites is 2. The lowest BCUT2D eigenvalue weighted by Crippen LogP contribution is -2.23. The van der Waals surface area contributed by atoms with Crippen LogP contribution in [0.25, 0.3) is 17.2 Å². The number of carbonyl (C=O) groups excluding carboxylic acids is 1. The van der Waals surface area contributed by atoms with E-state index in [4.69, 9.17) is 0 Å². The van der Waals surface area contributed by atoms with Crippen molar-refractivity contribution in [2.75, 3.05) is 5.32 Å². The molecule has 0 spiro atoms. The third kappa shape index (κ3) is 3.43. The Balaban J connectivity index is 1.59. The highest BCUT2D eigenvalue weighted by Crippen LogP contribution is 2.23. The summed E-state index contributed by atoms with van der Waals surface area (Å²) in [6.07, 6.45) is 4.84. The number of hydrogen-bond donors (Lipinski definition) is 1. The van der Waals surface area contributed by atoms with Crippen molar-refractivity contribution in [3.8, 4) is 17.2 Å².